The van der Waals surface area contributed by atoms with Gasteiger partial charge in [-0.1, -0.05) is 30.3 Å². The second kappa shape index (κ2) is 6.03. The molecular formula is C18H21N3O3. The highest BCUT2D eigenvalue weighted by Crippen LogP contribution is 2.34. The van der Waals surface area contributed by atoms with Gasteiger partial charge in [-0.3, -0.25) is 9.48 Å². The molecule has 0 saturated carbocycles. The van der Waals surface area contributed by atoms with E-state index in [0.717, 1.165) is 12.0 Å². The summed E-state index contributed by atoms with van der Waals surface area (Å²) in [6.45, 7) is 1.92. The molecule has 1 amide bonds. The fourth-order valence-electron chi connectivity index (χ4n) is 3.59. The third kappa shape index (κ3) is 2.72. The molecule has 0 unspecified atom stereocenters. The van der Waals surface area contributed by atoms with Crippen molar-refractivity contribution in [2.24, 2.45) is 5.92 Å². The predicted octanol–water partition coefficient (Wildman–Crippen LogP) is 1.02. The van der Waals surface area contributed by atoms with Crippen molar-refractivity contribution in [3.05, 3.63) is 54.4 Å². The Balaban J connectivity index is 1.40. The van der Waals surface area contributed by atoms with Crippen molar-refractivity contribution in [2.45, 2.75) is 24.7 Å². The number of likely N-dealkylation sites (tertiary alicyclic amines) is 1. The standard InChI is InChI=1S/C18H21N3O3/c22-17(16-14(7-10-24-16)11-21-9-4-8-19-21)20-12-18(23,13-20)15-5-2-1-3-6-15/h1-6,8-9,14,16,23H,7,10-13H2/t14-,16-/m1/s1. The van der Waals surface area contributed by atoms with Crippen molar-refractivity contribution in [2.75, 3.05) is 19.7 Å². The second-order valence-electron chi connectivity index (χ2n) is 6.66. The van der Waals surface area contributed by atoms with Crippen molar-refractivity contribution < 1.29 is 14.6 Å². The van der Waals surface area contributed by atoms with Crippen molar-refractivity contribution in [1.82, 2.24) is 14.7 Å². The lowest BCUT2D eigenvalue weighted by Crippen LogP contribution is -2.63. The van der Waals surface area contributed by atoms with Crippen LogP contribution < -0.4 is 0 Å². The van der Waals surface area contributed by atoms with Gasteiger partial charge in [-0.15, -0.1) is 0 Å². The van der Waals surface area contributed by atoms with E-state index in [1.165, 1.54) is 0 Å². The lowest BCUT2D eigenvalue weighted by atomic mass is 9.85. The lowest BCUT2D eigenvalue weighted by molar-refractivity contribution is -0.168. The van der Waals surface area contributed by atoms with Gasteiger partial charge in [0.05, 0.1) is 13.1 Å². The van der Waals surface area contributed by atoms with Gasteiger partial charge >= 0.3 is 0 Å². The van der Waals surface area contributed by atoms with Crippen molar-refractivity contribution in [1.29, 1.82) is 0 Å². The van der Waals surface area contributed by atoms with Gasteiger partial charge in [0.2, 0.25) is 0 Å². The van der Waals surface area contributed by atoms with E-state index in [2.05, 4.69) is 5.10 Å². The Bertz CT molecular complexity index is 696. The molecule has 4 rings (SSSR count). The summed E-state index contributed by atoms with van der Waals surface area (Å²) in [5.41, 5.74) is -0.0815. The van der Waals surface area contributed by atoms with Gasteiger partial charge in [0.25, 0.3) is 5.91 Å². The molecule has 6 heteroatoms. The molecule has 2 aliphatic heterocycles. The predicted molar refractivity (Wildman–Crippen MR) is 87.0 cm³/mol. The SMILES string of the molecule is O=C([C@@H]1OCC[C@@H]1Cn1cccn1)N1CC(O)(c2ccccc2)C1. The Kier molecular flexibility index (Phi) is 3.86. The third-order valence-corrected chi connectivity index (χ3v) is 4.97. The maximum atomic E-state index is 12.7. The maximum Gasteiger partial charge on any atom is 0.252 e. The van der Waals surface area contributed by atoms with Crippen LogP contribution in [0.25, 0.3) is 0 Å². The number of carbonyl (C=O) groups excluding carboxylic acids is 1. The van der Waals surface area contributed by atoms with Crippen LogP contribution in [0.1, 0.15) is 12.0 Å². The molecule has 0 radical (unpaired) electrons. The smallest absolute Gasteiger partial charge is 0.252 e. The van der Waals surface area contributed by atoms with Gasteiger partial charge in [-0.05, 0) is 18.1 Å². The van der Waals surface area contributed by atoms with Crippen LogP contribution in [0, 0.1) is 5.92 Å². The molecule has 24 heavy (non-hydrogen) atoms. The molecule has 126 valence electrons. The van der Waals surface area contributed by atoms with Crippen LogP contribution in [0.2, 0.25) is 0 Å². The van der Waals surface area contributed by atoms with E-state index < -0.39 is 11.7 Å². The van der Waals surface area contributed by atoms with Gasteiger partial charge < -0.3 is 14.7 Å². The number of carbonyl (C=O) groups is 1. The molecule has 1 aromatic heterocycles. The number of aromatic nitrogens is 2. The summed E-state index contributed by atoms with van der Waals surface area (Å²) in [6, 6.07) is 11.4. The van der Waals surface area contributed by atoms with Crippen LogP contribution in [0.5, 0.6) is 0 Å². The minimum atomic E-state index is -0.937. The fourth-order valence-corrected chi connectivity index (χ4v) is 3.59. The zero-order chi connectivity index (χ0) is 16.6. The number of amides is 1. The molecule has 0 aliphatic carbocycles. The summed E-state index contributed by atoms with van der Waals surface area (Å²) in [5.74, 6) is 0.105. The minimum Gasteiger partial charge on any atom is -0.381 e. The normalized spacial score (nSPS) is 25.5. The summed E-state index contributed by atoms with van der Waals surface area (Å²) >= 11 is 0. The monoisotopic (exact) mass is 327 g/mol. The van der Waals surface area contributed by atoms with Crippen LogP contribution in [0.3, 0.4) is 0 Å². The average Bonchev–Trinajstić information content (AvgIpc) is 3.24. The first kappa shape index (κ1) is 15.4. The van der Waals surface area contributed by atoms with Gasteiger partial charge in [0, 0.05) is 31.5 Å². The van der Waals surface area contributed by atoms with E-state index in [1.807, 2.05) is 47.3 Å². The number of hydrogen-bond donors (Lipinski definition) is 1. The molecule has 0 bridgehead atoms. The Morgan fingerprint density at radius 1 is 1.29 bits per heavy atom. The van der Waals surface area contributed by atoms with E-state index in [-0.39, 0.29) is 11.8 Å². The van der Waals surface area contributed by atoms with Crippen molar-refractivity contribution in [3.63, 3.8) is 0 Å². The first-order valence-corrected chi connectivity index (χ1v) is 8.31. The number of ether oxygens (including phenoxy) is 1. The highest BCUT2D eigenvalue weighted by atomic mass is 16.5. The Labute approximate surface area is 140 Å². The molecule has 0 spiro atoms. The zero-order valence-electron chi connectivity index (χ0n) is 13.4. The van der Waals surface area contributed by atoms with Gasteiger partial charge in [-0.25, -0.2) is 0 Å². The molecule has 2 saturated heterocycles. The van der Waals surface area contributed by atoms with Crippen LogP contribution in [0.15, 0.2) is 48.8 Å². The summed E-state index contributed by atoms with van der Waals surface area (Å²) in [4.78, 5) is 14.4. The third-order valence-electron chi connectivity index (χ3n) is 4.97. The van der Waals surface area contributed by atoms with E-state index in [0.29, 0.717) is 26.2 Å². The van der Waals surface area contributed by atoms with Crippen LogP contribution in [0.4, 0.5) is 0 Å². The minimum absolute atomic E-state index is 0.0229. The fraction of sp³-hybridized carbons (Fsp3) is 0.444. The summed E-state index contributed by atoms with van der Waals surface area (Å²) < 4.78 is 7.54. The Hall–Kier alpha value is -2.18. The molecule has 2 aromatic rings. The molecule has 1 N–H and O–H groups in total. The average molecular weight is 327 g/mol. The van der Waals surface area contributed by atoms with Crippen molar-refractivity contribution in [3.8, 4) is 0 Å². The Morgan fingerprint density at radius 2 is 2.08 bits per heavy atom. The van der Waals surface area contributed by atoms with Crippen molar-refractivity contribution >= 4 is 5.91 Å². The lowest BCUT2D eigenvalue weighted by Gasteiger charge is -2.47. The van der Waals surface area contributed by atoms with E-state index in [9.17, 15) is 9.90 Å². The number of hydrogen-bond acceptors (Lipinski definition) is 4. The number of benzene rings is 1. The van der Waals surface area contributed by atoms with Crippen LogP contribution in [-0.2, 0) is 21.7 Å². The van der Waals surface area contributed by atoms with Gasteiger partial charge in [0.15, 0.2) is 0 Å². The Morgan fingerprint density at radius 3 is 2.79 bits per heavy atom. The van der Waals surface area contributed by atoms with Gasteiger partial charge in [0.1, 0.15) is 11.7 Å². The molecule has 3 heterocycles. The molecule has 2 fully saturated rings. The quantitative estimate of drug-likeness (QED) is 0.910. The molecule has 2 atom stereocenters. The summed E-state index contributed by atoms with van der Waals surface area (Å²) in [7, 11) is 0. The van der Waals surface area contributed by atoms with Crippen LogP contribution >= 0.6 is 0 Å². The first-order chi connectivity index (χ1) is 11.7. The molecule has 1 aromatic carbocycles. The number of aliphatic hydroxyl groups is 1. The zero-order valence-corrected chi connectivity index (χ0v) is 13.4. The largest absolute Gasteiger partial charge is 0.381 e. The van der Waals surface area contributed by atoms with E-state index >= 15 is 0 Å². The number of rotatable bonds is 4. The topological polar surface area (TPSA) is 67.6 Å². The van der Waals surface area contributed by atoms with E-state index in [1.54, 1.807) is 11.1 Å². The van der Waals surface area contributed by atoms with Crippen LogP contribution in [-0.4, -0.2) is 51.5 Å². The highest BCUT2D eigenvalue weighted by molar-refractivity contribution is 5.82. The molecular weight excluding hydrogens is 306 g/mol. The number of β-amino-alcohol motifs (C(OH)–C–C–N with tert-alkyl or cyclic N) is 1. The summed E-state index contributed by atoms with van der Waals surface area (Å²) in [6.07, 6.45) is 4.06. The number of nitrogens with zero attached hydrogens (tertiary/aromatic N) is 3. The van der Waals surface area contributed by atoms with Gasteiger partial charge in [-0.2, -0.15) is 5.10 Å². The molecule has 2 aliphatic rings. The highest BCUT2D eigenvalue weighted by Gasteiger charge is 2.48. The second-order valence-corrected chi connectivity index (χ2v) is 6.66. The van der Waals surface area contributed by atoms with E-state index in [4.69, 9.17) is 4.74 Å². The first-order valence-electron chi connectivity index (χ1n) is 8.31. The maximum absolute atomic E-state index is 12.7. The molecule has 6 nitrogen and oxygen atoms in total. The summed E-state index contributed by atoms with van der Waals surface area (Å²) in [5, 5.41) is 14.9.